The molecular formula is C15H23N3O4S. The molecule has 0 bridgehead atoms. The van der Waals surface area contributed by atoms with Gasteiger partial charge in [-0.1, -0.05) is 6.07 Å². The number of nitrogens with two attached hydrogens (primary N) is 1. The Bertz CT molecular complexity index is 543. The van der Waals surface area contributed by atoms with Gasteiger partial charge >= 0.3 is 5.97 Å². The third-order valence-corrected chi connectivity index (χ3v) is 4.16. The van der Waals surface area contributed by atoms with E-state index in [0.717, 1.165) is 0 Å². The maximum absolute atomic E-state index is 12.3. The number of unbranched alkanes of at least 4 members (excludes halogenated alkanes) is 1. The summed E-state index contributed by atoms with van der Waals surface area (Å²) < 4.78 is 0. The number of nitrogens with one attached hydrogen (secondary N) is 2. The van der Waals surface area contributed by atoms with Crippen molar-refractivity contribution in [2.24, 2.45) is 5.73 Å². The molecule has 0 aliphatic rings. The van der Waals surface area contributed by atoms with Gasteiger partial charge in [-0.3, -0.25) is 9.59 Å². The minimum atomic E-state index is -1.22. The number of aliphatic carboxylic acids is 1. The molecule has 1 heterocycles. The van der Waals surface area contributed by atoms with Crippen LogP contribution in [0.3, 0.4) is 0 Å². The summed E-state index contributed by atoms with van der Waals surface area (Å²) in [6.45, 7) is 3.54. The Labute approximate surface area is 139 Å². The number of carbonyl (C=O) groups excluding carboxylic acids is 2. The van der Waals surface area contributed by atoms with Gasteiger partial charge in [-0.25, -0.2) is 4.79 Å². The second-order valence-corrected chi connectivity index (χ2v) is 6.65. The van der Waals surface area contributed by atoms with Crippen molar-refractivity contribution < 1.29 is 19.5 Å². The number of thiophene rings is 1. The third kappa shape index (κ3) is 5.99. The molecule has 0 unspecified atom stereocenters. The zero-order valence-corrected chi connectivity index (χ0v) is 14.1. The lowest BCUT2D eigenvalue weighted by Crippen LogP contribution is -2.57. The van der Waals surface area contributed by atoms with Crippen LogP contribution in [0, 0.1) is 0 Å². The van der Waals surface area contributed by atoms with Crippen LogP contribution in [0.1, 0.15) is 42.8 Å². The van der Waals surface area contributed by atoms with E-state index in [-0.39, 0.29) is 5.91 Å². The van der Waals surface area contributed by atoms with E-state index < -0.39 is 23.5 Å². The van der Waals surface area contributed by atoms with Crippen molar-refractivity contribution in [3.05, 3.63) is 22.4 Å². The van der Waals surface area contributed by atoms with Gasteiger partial charge < -0.3 is 21.5 Å². The van der Waals surface area contributed by atoms with E-state index in [1.165, 1.54) is 25.2 Å². The van der Waals surface area contributed by atoms with Crippen LogP contribution in [0.2, 0.25) is 0 Å². The van der Waals surface area contributed by atoms with Gasteiger partial charge in [0.1, 0.15) is 11.6 Å². The average Bonchev–Trinajstić information content (AvgIpc) is 2.99. The second kappa shape index (κ2) is 8.64. The first kappa shape index (κ1) is 19.1. The molecule has 1 aromatic heterocycles. The van der Waals surface area contributed by atoms with E-state index in [2.05, 4.69) is 10.6 Å². The number of hydrogen-bond acceptors (Lipinski definition) is 5. The highest BCUT2D eigenvalue weighted by atomic mass is 32.1. The minimum absolute atomic E-state index is 0.299. The van der Waals surface area contributed by atoms with Gasteiger partial charge in [-0.15, -0.1) is 11.3 Å². The molecule has 0 fully saturated rings. The Hall–Kier alpha value is -1.93. The Morgan fingerprint density at radius 1 is 1.35 bits per heavy atom. The summed E-state index contributed by atoms with van der Waals surface area (Å²) in [5.74, 6) is -2.01. The van der Waals surface area contributed by atoms with Crippen LogP contribution in [0.25, 0.3) is 0 Å². The van der Waals surface area contributed by atoms with Crippen LogP contribution < -0.4 is 16.4 Å². The minimum Gasteiger partial charge on any atom is -0.480 e. The van der Waals surface area contributed by atoms with Gasteiger partial charge in [0.2, 0.25) is 5.91 Å². The van der Waals surface area contributed by atoms with Gasteiger partial charge in [-0.05, 0) is 51.1 Å². The van der Waals surface area contributed by atoms with Gasteiger partial charge in [0.25, 0.3) is 5.91 Å². The van der Waals surface area contributed by atoms with Crippen molar-refractivity contribution in [1.82, 2.24) is 10.6 Å². The highest BCUT2D eigenvalue weighted by molar-refractivity contribution is 7.12. The Morgan fingerprint density at radius 3 is 2.57 bits per heavy atom. The molecule has 8 heteroatoms. The number of carbonyl (C=O) groups is 3. The van der Waals surface area contributed by atoms with Gasteiger partial charge in [-0.2, -0.15) is 0 Å². The van der Waals surface area contributed by atoms with E-state index in [1.807, 2.05) is 0 Å². The lowest BCUT2D eigenvalue weighted by molar-refractivity contribution is -0.142. The predicted molar refractivity (Wildman–Crippen MR) is 88.3 cm³/mol. The van der Waals surface area contributed by atoms with Crippen molar-refractivity contribution in [2.75, 3.05) is 6.54 Å². The van der Waals surface area contributed by atoms with Crippen LogP contribution in [0.4, 0.5) is 0 Å². The van der Waals surface area contributed by atoms with Gasteiger partial charge in [0.15, 0.2) is 0 Å². The van der Waals surface area contributed by atoms with Crippen molar-refractivity contribution in [2.45, 2.75) is 44.7 Å². The van der Waals surface area contributed by atoms with Crippen LogP contribution >= 0.6 is 11.3 Å². The van der Waals surface area contributed by atoms with E-state index in [1.54, 1.807) is 17.5 Å². The molecule has 23 heavy (non-hydrogen) atoms. The summed E-state index contributed by atoms with van der Waals surface area (Å²) in [4.78, 5) is 36.1. The standard InChI is InChI=1S/C15H23N3O4S/c1-15(2,18-12(19)11-7-5-9-23-11)14(22)17-10(13(20)21)6-3-4-8-16/h5,7,9-10H,3-4,6,8,16H2,1-2H3,(H,17,22)(H,18,19)(H,20,21)/t10-/m0/s1. The number of hydrogen-bond donors (Lipinski definition) is 4. The normalized spacial score (nSPS) is 12.5. The molecule has 1 rings (SSSR count). The fourth-order valence-electron chi connectivity index (χ4n) is 1.90. The Kier molecular flexibility index (Phi) is 7.18. The molecule has 0 aliphatic heterocycles. The van der Waals surface area contributed by atoms with Crippen LogP contribution in [-0.2, 0) is 9.59 Å². The first-order valence-corrected chi connectivity index (χ1v) is 8.25. The van der Waals surface area contributed by atoms with E-state index in [4.69, 9.17) is 5.73 Å². The molecule has 128 valence electrons. The summed E-state index contributed by atoms with van der Waals surface area (Å²) in [6, 6.07) is 2.40. The Morgan fingerprint density at radius 2 is 2.04 bits per heavy atom. The fourth-order valence-corrected chi connectivity index (χ4v) is 2.52. The van der Waals surface area contributed by atoms with Gasteiger partial charge in [0.05, 0.1) is 4.88 Å². The topological polar surface area (TPSA) is 122 Å². The van der Waals surface area contributed by atoms with Crippen molar-refractivity contribution in [3.63, 3.8) is 0 Å². The monoisotopic (exact) mass is 341 g/mol. The Balaban J connectivity index is 2.64. The molecule has 0 radical (unpaired) electrons. The molecule has 7 nitrogen and oxygen atoms in total. The van der Waals surface area contributed by atoms with E-state index in [0.29, 0.717) is 30.7 Å². The van der Waals surface area contributed by atoms with Crippen molar-refractivity contribution >= 4 is 29.1 Å². The lowest BCUT2D eigenvalue weighted by atomic mass is 10.0. The fraction of sp³-hybridized carbons (Fsp3) is 0.533. The molecule has 2 amide bonds. The molecular weight excluding hydrogens is 318 g/mol. The zero-order chi connectivity index (χ0) is 17.5. The predicted octanol–water partition coefficient (Wildman–Crippen LogP) is 0.955. The van der Waals surface area contributed by atoms with Crippen LogP contribution in [0.15, 0.2) is 17.5 Å². The smallest absolute Gasteiger partial charge is 0.326 e. The summed E-state index contributed by atoms with van der Waals surface area (Å²) in [7, 11) is 0. The number of carboxylic acids is 1. The summed E-state index contributed by atoms with van der Waals surface area (Å²) in [5.41, 5.74) is 4.16. The summed E-state index contributed by atoms with van der Waals surface area (Å²) in [5, 5.41) is 16.0. The highest BCUT2D eigenvalue weighted by Crippen LogP contribution is 2.12. The highest BCUT2D eigenvalue weighted by Gasteiger charge is 2.33. The van der Waals surface area contributed by atoms with Gasteiger partial charge in [0, 0.05) is 0 Å². The first-order valence-electron chi connectivity index (χ1n) is 7.37. The van der Waals surface area contributed by atoms with E-state index in [9.17, 15) is 19.5 Å². The summed E-state index contributed by atoms with van der Waals surface area (Å²) >= 11 is 1.27. The maximum atomic E-state index is 12.3. The second-order valence-electron chi connectivity index (χ2n) is 5.71. The molecule has 1 atom stereocenters. The first-order chi connectivity index (χ1) is 10.8. The SMILES string of the molecule is CC(C)(NC(=O)c1cccs1)C(=O)N[C@@H](CCCCN)C(=O)O. The van der Waals surface area contributed by atoms with E-state index >= 15 is 0 Å². The number of rotatable bonds is 9. The van der Waals surface area contributed by atoms with Crippen molar-refractivity contribution in [3.8, 4) is 0 Å². The molecule has 0 aromatic carbocycles. The van der Waals surface area contributed by atoms with Crippen LogP contribution in [0.5, 0.6) is 0 Å². The zero-order valence-electron chi connectivity index (χ0n) is 13.3. The summed E-state index contributed by atoms with van der Waals surface area (Å²) in [6.07, 6.45) is 1.60. The molecule has 0 saturated heterocycles. The molecule has 0 saturated carbocycles. The maximum Gasteiger partial charge on any atom is 0.326 e. The largest absolute Gasteiger partial charge is 0.480 e. The molecule has 5 N–H and O–H groups in total. The average molecular weight is 341 g/mol. The third-order valence-electron chi connectivity index (χ3n) is 3.29. The molecule has 0 spiro atoms. The van der Waals surface area contributed by atoms with Crippen molar-refractivity contribution in [1.29, 1.82) is 0 Å². The molecule has 0 aliphatic carbocycles. The lowest BCUT2D eigenvalue weighted by Gasteiger charge is -2.27. The quantitative estimate of drug-likeness (QED) is 0.498. The number of carboxylic acid groups (broad SMARTS) is 1. The number of amides is 2. The van der Waals surface area contributed by atoms with Crippen LogP contribution in [-0.4, -0.2) is 41.0 Å². The molecule has 1 aromatic rings.